The van der Waals surface area contributed by atoms with E-state index in [1.807, 2.05) is 4.90 Å². The molecule has 8 heteroatoms. The van der Waals surface area contributed by atoms with Crippen LogP contribution in [0.25, 0.3) is 0 Å². The summed E-state index contributed by atoms with van der Waals surface area (Å²) in [5.41, 5.74) is 1.67. The Hall–Kier alpha value is -2.22. The van der Waals surface area contributed by atoms with Gasteiger partial charge in [-0.25, -0.2) is 0 Å². The van der Waals surface area contributed by atoms with E-state index in [9.17, 15) is 4.79 Å². The Bertz CT molecular complexity index is 725. The summed E-state index contributed by atoms with van der Waals surface area (Å²) < 4.78 is 5.05. The van der Waals surface area contributed by atoms with E-state index >= 15 is 0 Å². The number of aromatic amines is 1. The molecule has 3 heterocycles. The SMILES string of the molecule is CCCc1[nH]ncc1C(=O)N1CCC[C@H](N(C)Cc2noc(C)n2)CC1. The number of rotatable bonds is 6. The van der Waals surface area contributed by atoms with Crippen molar-refractivity contribution < 1.29 is 9.32 Å². The highest BCUT2D eigenvalue weighted by molar-refractivity contribution is 5.95. The molecule has 1 aliphatic rings. The second-order valence-electron chi connectivity index (χ2n) is 7.03. The largest absolute Gasteiger partial charge is 0.340 e. The summed E-state index contributed by atoms with van der Waals surface area (Å²) in [4.78, 5) is 21.4. The van der Waals surface area contributed by atoms with Crippen LogP contribution >= 0.6 is 0 Å². The minimum atomic E-state index is 0.0966. The molecule has 2 aromatic heterocycles. The van der Waals surface area contributed by atoms with Gasteiger partial charge in [0.25, 0.3) is 5.91 Å². The third-order valence-corrected chi connectivity index (χ3v) is 5.02. The van der Waals surface area contributed by atoms with Crippen LogP contribution in [0.15, 0.2) is 10.7 Å². The van der Waals surface area contributed by atoms with E-state index in [4.69, 9.17) is 4.52 Å². The van der Waals surface area contributed by atoms with E-state index < -0.39 is 0 Å². The molecule has 0 aliphatic carbocycles. The van der Waals surface area contributed by atoms with Crippen molar-refractivity contribution in [2.75, 3.05) is 20.1 Å². The summed E-state index contributed by atoms with van der Waals surface area (Å²) in [6.07, 6.45) is 6.51. The van der Waals surface area contributed by atoms with E-state index in [0.717, 1.165) is 56.5 Å². The zero-order chi connectivity index (χ0) is 18.5. The number of likely N-dealkylation sites (tertiary alicyclic amines) is 1. The van der Waals surface area contributed by atoms with Gasteiger partial charge >= 0.3 is 0 Å². The molecular formula is C18H28N6O2. The molecule has 0 aromatic carbocycles. The Morgan fingerprint density at radius 1 is 1.42 bits per heavy atom. The Labute approximate surface area is 153 Å². The van der Waals surface area contributed by atoms with Crippen molar-refractivity contribution in [3.8, 4) is 0 Å². The lowest BCUT2D eigenvalue weighted by atomic mass is 10.1. The first kappa shape index (κ1) is 18.6. The monoisotopic (exact) mass is 360 g/mol. The molecule has 0 unspecified atom stereocenters. The van der Waals surface area contributed by atoms with Gasteiger partial charge in [-0.1, -0.05) is 18.5 Å². The quantitative estimate of drug-likeness (QED) is 0.849. The lowest BCUT2D eigenvalue weighted by Crippen LogP contribution is -2.35. The van der Waals surface area contributed by atoms with Crippen molar-refractivity contribution in [2.45, 2.75) is 58.5 Å². The van der Waals surface area contributed by atoms with Gasteiger partial charge < -0.3 is 9.42 Å². The molecule has 26 heavy (non-hydrogen) atoms. The summed E-state index contributed by atoms with van der Waals surface area (Å²) in [5.74, 6) is 1.40. The summed E-state index contributed by atoms with van der Waals surface area (Å²) in [6.45, 7) is 6.12. The highest BCUT2D eigenvalue weighted by Gasteiger charge is 2.26. The molecular weight excluding hydrogens is 332 g/mol. The fraction of sp³-hybridized carbons (Fsp3) is 0.667. The van der Waals surface area contributed by atoms with Crippen LogP contribution in [0.3, 0.4) is 0 Å². The number of carbonyl (C=O) groups excluding carboxylic acids is 1. The van der Waals surface area contributed by atoms with Crippen LogP contribution in [-0.2, 0) is 13.0 Å². The standard InChI is InChI=1S/C18H28N6O2/c1-4-6-16-15(11-19-21-16)18(25)24-9-5-7-14(8-10-24)23(3)12-17-20-13(2)26-22-17/h11,14H,4-10,12H2,1-3H3,(H,19,21)/t14-/m0/s1. The number of amides is 1. The Balaban J connectivity index is 1.59. The first-order valence-corrected chi connectivity index (χ1v) is 9.39. The zero-order valence-corrected chi connectivity index (χ0v) is 15.9. The van der Waals surface area contributed by atoms with Crippen molar-refractivity contribution >= 4 is 5.91 Å². The maximum Gasteiger partial charge on any atom is 0.257 e. The topological polar surface area (TPSA) is 91.2 Å². The summed E-state index contributed by atoms with van der Waals surface area (Å²) in [7, 11) is 2.09. The predicted octanol–water partition coefficient (Wildman–Crippen LogP) is 2.18. The lowest BCUT2D eigenvalue weighted by Gasteiger charge is -2.26. The van der Waals surface area contributed by atoms with Crippen molar-refractivity contribution in [1.29, 1.82) is 0 Å². The molecule has 2 aromatic rings. The molecule has 1 aliphatic heterocycles. The maximum atomic E-state index is 12.9. The second kappa shape index (κ2) is 8.44. The number of H-pyrrole nitrogens is 1. The average Bonchev–Trinajstić information content (AvgIpc) is 3.16. The summed E-state index contributed by atoms with van der Waals surface area (Å²) in [6, 6.07) is 0.408. The molecule has 1 saturated heterocycles. The van der Waals surface area contributed by atoms with Gasteiger partial charge in [0.05, 0.1) is 18.3 Å². The Morgan fingerprint density at radius 3 is 3.00 bits per heavy atom. The fourth-order valence-corrected chi connectivity index (χ4v) is 3.59. The van der Waals surface area contributed by atoms with E-state index in [-0.39, 0.29) is 5.91 Å². The molecule has 0 saturated carbocycles. The van der Waals surface area contributed by atoms with E-state index in [1.165, 1.54) is 0 Å². The van der Waals surface area contributed by atoms with Crippen LogP contribution in [0.5, 0.6) is 0 Å². The minimum absolute atomic E-state index is 0.0966. The van der Waals surface area contributed by atoms with Crippen LogP contribution < -0.4 is 0 Å². The molecule has 142 valence electrons. The number of hydrogen-bond donors (Lipinski definition) is 1. The number of aryl methyl sites for hydroxylation is 2. The molecule has 3 rings (SSSR count). The summed E-state index contributed by atoms with van der Waals surface area (Å²) in [5, 5.41) is 11.0. The van der Waals surface area contributed by atoms with Crippen LogP contribution in [-0.4, -0.2) is 62.2 Å². The number of hydrogen-bond acceptors (Lipinski definition) is 6. The maximum absolute atomic E-state index is 12.9. The Kier molecular flexibility index (Phi) is 6.03. The van der Waals surface area contributed by atoms with Crippen LogP contribution in [0.2, 0.25) is 0 Å². The number of nitrogens with zero attached hydrogens (tertiary/aromatic N) is 5. The molecule has 0 radical (unpaired) electrons. The smallest absolute Gasteiger partial charge is 0.257 e. The van der Waals surface area contributed by atoms with Gasteiger partial charge in [-0.05, 0) is 32.7 Å². The number of nitrogens with one attached hydrogen (secondary N) is 1. The normalized spacial score (nSPS) is 18.3. The molecule has 0 spiro atoms. The van der Waals surface area contributed by atoms with Crippen molar-refractivity contribution in [1.82, 2.24) is 30.1 Å². The van der Waals surface area contributed by atoms with Crippen molar-refractivity contribution in [3.63, 3.8) is 0 Å². The van der Waals surface area contributed by atoms with Crippen molar-refractivity contribution in [2.24, 2.45) is 0 Å². The lowest BCUT2D eigenvalue weighted by molar-refractivity contribution is 0.0756. The first-order chi connectivity index (χ1) is 12.6. The third-order valence-electron chi connectivity index (χ3n) is 5.02. The highest BCUT2D eigenvalue weighted by Crippen LogP contribution is 2.20. The van der Waals surface area contributed by atoms with Crippen LogP contribution in [0, 0.1) is 6.92 Å². The van der Waals surface area contributed by atoms with Crippen LogP contribution in [0.4, 0.5) is 0 Å². The third kappa shape index (κ3) is 4.30. The molecule has 0 bridgehead atoms. The number of carbonyl (C=O) groups is 1. The number of aromatic nitrogens is 4. The molecule has 1 atom stereocenters. The zero-order valence-electron chi connectivity index (χ0n) is 15.9. The first-order valence-electron chi connectivity index (χ1n) is 9.39. The van der Waals surface area contributed by atoms with Gasteiger partial charge in [0.2, 0.25) is 5.89 Å². The van der Waals surface area contributed by atoms with Gasteiger partial charge in [-0.15, -0.1) is 0 Å². The van der Waals surface area contributed by atoms with Gasteiger partial charge in [0.15, 0.2) is 5.82 Å². The van der Waals surface area contributed by atoms with Gasteiger partial charge in [0, 0.05) is 31.7 Å². The highest BCUT2D eigenvalue weighted by atomic mass is 16.5. The van der Waals surface area contributed by atoms with E-state index in [1.54, 1.807) is 13.1 Å². The van der Waals surface area contributed by atoms with Gasteiger partial charge in [0.1, 0.15) is 0 Å². The van der Waals surface area contributed by atoms with E-state index in [0.29, 0.717) is 24.3 Å². The van der Waals surface area contributed by atoms with Gasteiger partial charge in [-0.3, -0.25) is 14.8 Å². The molecule has 1 amide bonds. The van der Waals surface area contributed by atoms with E-state index in [2.05, 4.69) is 39.2 Å². The van der Waals surface area contributed by atoms with Crippen LogP contribution in [0.1, 0.15) is 60.4 Å². The fourth-order valence-electron chi connectivity index (χ4n) is 3.59. The van der Waals surface area contributed by atoms with Gasteiger partial charge in [-0.2, -0.15) is 10.1 Å². The summed E-state index contributed by atoms with van der Waals surface area (Å²) >= 11 is 0. The average molecular weight is 360 g/mol. The minimum Gasteiger partial charge on any atom is -0.340 e. The molecule has 1 N–H and O–H groups in total. The predicted molar refractivity (Wildman–Crippen MR) is 96.6 cm³/mol. The Morgan fingerprint density at radius 2 is 2.27 bits per heavy atom. The molecule has 1 fully saturated rings. The van der Waals surface area contributed by atoms with Crippen molar-refractivity contribution in [3.05, 3.63) is 29.2 Å². The molecule has 8 nitrogen and oxygen atoms in total. The second-order valence-corrected chi connectivity index (χ2v) is 7.03.